The van der Waals surface area contributed by atoms with Crippen LogP contribution in [0.15, 0.2) is 16.3 Å². The van der Waals surface area contributed by atoms with Crippen molar-refractivity contribution in [2.75, 3.05) is 6.54 Å². The van der Waals surface area contributed by atoms with Crippen LogP contribution in [-0.2, 0) is 4.79 Å². The van der Waals surface area contributed by atoms with E-state index in [4.69, 9.17) is 5.73 Å². The summed E-state index contributed by atoms with van der Waals surface area (Å²) in [6.07, 6.45) is 2.56. The van der Waals surface area contributed by atoms with Gasteiger partial charge < -0.3 is 10.8 Å². The molecule has 0 spiro atoms. The predicted octanol–water partition coefficient (Wildman–Crippen LogP) is 1.75. The van der Waals surface area contributed by atoms with Crippen LogP contribution in [0.3, 0.4) is 0 Å². The van der Waals surface area contributed by atoms with Gasteiger partial charge in [0.25, 0.3) is 0 Å². The Morgan fingerprint density at radius 3 is 2.81 bits per heavy atom. The molecule has 1 aliphatic carbocycles. The molecule has 0 aromatic heterocycles. The number of carbonyl (C=O) groups excluding carboxylic acids is 1. The van der Waals surface area contributed by atoms with Crippen LogP contribution in [-0.4, -0.2) is 29.2 Å². The summed E-state index contributed by atoms with van der Waals surface area (Å²) in [7, 11) is 0. The number of aliphatic imine (C=N–C) groups is 1. The van der Waals surface area contributed by atoms with Gasteiger partial charge in [-0.1, -0.05) is 6.92 Å². The van der Waals surface area contributed by atoms with Crippen LogP contribution in [0.1, 0.15) is 39.5 Å². The van der Waals surface area contributed by atoms with Gasteiger partial charge in [0, 0.05) is 24.6 Å². The topological polar surface area (TPSA) is 75.7 Å². The SMILES string of the molecule is CC/C(O)=C1\C(=O)CCCC1=NCC(C)N. The lowest BCUT2D eigenvalue weighted by molar-refractivity contribution is -0.115. The average molecular weight is 224 g/mol. The molecule has 0 bridgehead atoms. The first-order chi connectivity index (χ1) is 7.56. The van der Waals surface area contributed by atoms with E-state index in [0.29, 0.717) is 25.0 Å². The molecule has 4 heteroatoms. The van der Waals surface area contributed by atoms with E-state index in [2.05, 4.69) is 4.99 Å². The second kappa shape index (κ2) is 5.80. The molecule has 0 amide bonds. The molecule has 0 radical (unpaired) electrons. The fourth-order valence-electron chi connectivity index (χ4n) is 1.74. The summed E-state index contributed by atoms with van der Waals surface area (Å²) in [4.78, 5) is 16.1. The van der Waals surface area contributed by atoms with Gasteiger partial charge in [0.2, 0.25) is 0 Å². The zero-order valence-corrected chi connectivity index (χ0v) is 9.99. The van der Waals surface area contributed by atoms with E-state index in [1.807, 2.05) is 13.8 Å². The first-order valence-electron chi connectivity index (χ1n) is 5.80. The van der Waals surface area contributed by atoms with Crippen LogP contribution in [0.4, 0.5) is 0 Å². The number of aliphatic hydroxyl groups is 1. The van der Waals surface area contributed by atoms with Gasteiger partial charge in [-0.3, -0.25) is 9.79 Å². The summed E-state index contributed by atoms with van der Waals surface area (Å²) in [6, 6.07) is -0.0189. The average Bonchev–Trinajstić information content (AvgIpc) is 2.25. The number of Topliss-reactive ketones (excluding diaryl/α,β-unsaturated/α-hetero) is 1. The van der Waals surface area contributed by atoms with Gasteiger partial charge in [-0.15, -0.1) is 0 Å². The number of rotatable bonds is 3. The van der Waals surface area contributed by atoms with Gasteiger partial charge in [0.05, 0.1) is 12.1 Å². The highest BCUT2D eigenvalue weighted by Gasteiger charge is 2.24. The van der Waals surface area contributed by atoms with Crippen molar-refractivity contribution in [1.29, 1.82) is 0 Å². The number of hydrogen-bond donors (Lipinski definition) is 2. The fraction of sp³-hybridized carbons (Fsp3) is 0.667. The molecule has 3 N–H and O–H groups in total. The maximum Gasteiger partial charge on any atom is 0.168 e. The first kappa shape index (κ1) is 12.9. The van der Waals surface area contributed by atoms with Crippen molar-refractivity contribution in [3.63, 3.8) is 0 Å². The molecule has 4 nitrogen and oxygen atoms in total. The van der Waals surface area contributed by atoms with Crippen LogP contribution in [0, 0.1) is 0 Å². The number of ketones is 1. The van der Waals surface area contributed by atoms with Crippen LogP contribution in [0.2, 0.25) is 0 Å². The van der Waals surface area contributed by atoms with E-state index in [1.54, 1.807) is 0 Å². The molecule has 1 aliphatic rings. The second-order valence-corrected chi connectivity index (χ2v) is 4.22. The molecular formula is C12H20N2O2. The highest BCUT2D eigenvalue weighted by Crippen LogP contribution is 2.21. The van der Waals surface area contributed by atoms with Crippen LogP contribution in [0.25, 0.3) is 0 Å². The Balaban J connectivity index is 2.96. The third-order valence-electron chi connectivity index (χ3n) is 2.58. The highest BCUT2D eigenvalue weighted by atomic mass is 16.3. The molecule has 0 aliphatic heterocycles. The Morgan fingerprint density at radius 1 is 1.56 bits per heavy atom. The lowest BCUT2D eigenvalue weighted by Crippen LogP contribution is -2.24. The monoisotopic (exact) mass is 224 g/mol. The number of aliphatic hydroxyl groups excluding tert-OH is 1. The third-order valence-corrected chi connectivity index (χ3v) is 2.58. The van der Waals surface area contributed by atoms with E-state index in [-0.39, 0.29) is 17.6 Å². The van der Waals surface area contributed by atoms with Crippen LogP contribution >= 0.6 is 0 Å². The summed E-state index contributed by atoms with van der Waals surface area (Å²) in [5.74, 6) is 0.169. The lowest BCUT2D eigenvalue weighted by Gasteiger charge is -2.17. The van der Waals surface area contributed by atoms with Crippen LogP contribution < -0.4 is 5.73 Å². The Morgan fingerprint density at radius 2 is 2.25 bits per heavy atom. The summed E-state index contributed by atoms with van der Waals surface area (Å²) in [5.41, 5.74) is 6.80. The van der Waals surface area contributed by atoms with Gasteiger partial charge in [-0.25, -0.2) is 0 Å². The van der Waals surface area contributed by atoms with E-state index >= 15 is 0 Å². The van der Waals surface area contributed by atoms with Crippen molar-refractivity contribution in [3.05, 3.63) is 11.3 Å². The molecule has 16 heavy (non-hydrogen) atoms. The Kier molecular flexibility index (Phi) is 4.68. The van der Waals surface area contributed by atoms with Gasteiger partial charge in [0.1, 0.15) is 5.76 Å². The van der Waals surface area contributed by atoms with Crippen molar-refractivity contribution in [3.8, 4) is 0 Å². The van der Waals surface area contributed by atoms with E-state index in [0.717, 1.165) is 18.6 Å². The highest BCUT2D eigenvalue weighted by molar-refractivity contribution is 6.24. The minimum atomic E-state index is -0.0189. The summed E-state index contributed by atoms with van der Waals surface area (Å²) >= 11 is 0. The lowest BCUT2D eigenvalue weighted by atomic mass is 9.90. The summed E-state index contributed by atoms with van der Waals surface area (Å²) in [6.45, 7) is 4.20. The zero-order chi connectivity index (χ0) is 12.1. The molecule has 0 saturated heterocycles. The summed E-state index contributed by atoms with van der Waals surface area (Å²) < 4.78 is 0. The predicted molar refractivity (Wildman–Crippen MR) is 64.8 cm³/mol. The van der Waals surface area contributed by atoms with E-state index in [9.17, 15) is 9.90 Å². The number of allylic oxidation sites excluding steroid dienone is 2. The molecule has 1 unspecified atom stereocenters. The Labute approximate surface area is 96.2 Å². The molecule has 90 valence electrons. The second-order valence-electron chi connectivity index (χ2n) is 4.22. The maximum atomic E-state index is 11.7. The van der Waals surface area contributed by atoms with Gasteiger partial charge in [-0.2, -0.15) is 0 Å². The van der Waals surface area contributed by atoms with Gasteiger partial charge in [-0.05, 0) is 19.8 Å². The van der Waals surface area contributed by atoms with Crippen molar-refractivity contribution >= 4 is 11.5 Å². The van der Waals surface area contributed by atoms with E-state index < -0.39 is 0 Å². The standard InChI is InChI=1S/C12H20N2O2/c1-3-10(15)12-9(14-7-8(2)13)5-4-6-11(12)16/h8,15H,3-7,13H2,1-2H3/b12-10+,14-9?. The number of nitrogens with zero attached hydrogens (tertiary/aromatic N) is 1. The largest absolute Gasteiger partial charge is 0.512 e. The molecule has 0 heterocycles. The van der Waals surface area contributed by atoms with Crippen LogP contribution in [0.5, 0.6) is 0 Å². The number of nitrogens with two attached hydrogens (primary N) is 1. The van der Waals surface area contributed by atoms with Crippen molar-refractivity contribution < 1.29 is 9.90 Å². The Hall–Kier alpha value is -1.16. The third kappa shape index (κ3) is 3.17. The summed E-state index contributed by atoms with van der Waals surface area (Å²) in [5, 5.41) is 9.74. The quantitative estimate of drug-likeness (QED) is 0.566. The molecule has 0 aromatic rings. The van der Waals surface area contributed by atoms with Gasteiger partial charge in [0.15, 0.2) is 5.78 Å². The molecule has 1 fully saturated rings. The van der Waals surface area contributed by atoms with Crippen molar-refractivity contribution in [1.82, 2.24) is 0 Å². The molecular weight excluding hydrogens is 204 g/mol. The molecule has 1 saturated carbocycles. The van der Waals surface area contributed by atoms with E-state index in [1.165, 1.54) is 0 Å². The molecule has 1 rings (SSSR count). The zero-order valence-electron chi connectivity index (χ0n) is 9.99. The first-order valence-corrected chi connectivity index (χ1v) is 5.80. The fourth-order valence-corrected chi connectivity index (χ4v) is 1.74. The number of carbonyl (C=O) groups is 1. The van der Waals surface area contributed by atoms with Crippen molar-refractivity contribution in [2.45, 2.75) is 45.6 Å². The smallest absolute Gasteiger partial charge is 0.168 e. The molecule has 0 aromatic carbocycles. The number of hydrogen-bond acceptors (Lipinski definition) is 4. The minimum Gasteiger partial charge on any atom is -0.512 e. The minimum absolute atomic E-state index is 0.00836. The molecule has 1 atom stereocenters. The Bertz CT molecular complexity index is 330. The van der Waals surface area contributed by atoms with Gasteiger partial charge >= 0.3 is 0 Å². The normalized spacial score (nSPS) is 24.7. The maximum absolute atomic E-state index is 11.7. The van der Waals surface area contributed by atoms with Crippen molar-refractivity contribution in [2.24, 2.45) is 10.7 Å².